The molecule has 17 heavy (non-hydrogen) atoms. The summed E-state index contributed by atoms with van der Waals surface area (Å²) in [5, 5.41) is 4.15. The maximum Gasteiger partial charge on any atom is 0.188 e. The first-order valence-corrected chi connectivity index (χ1v) is 7.07. The molecule has 2 aromatic heterocycles. The summed E-state index contributed by atoms with van der Waals surface area (Å²) in [5.74, 6) is 0.835. The average Bonchev–Trinajstić information content (AvgIpc) is 2.64. The SMILES string of the molecule is CCc1nc(Nc2ccc(Br)c(C)n2)sc1C. The van der Waals surface area contributed by atoms with Crippen molar-refractivity contribution in [2.45, 2.75) is 27.2 Å². The molecule has 0 aliphatic rings. The number of aryl methyl sites for hydroxylation is 3. The molecule has 0 saturated carbocycles. The number of pyridine rings is 1. The molecule has 90 valence electrons. The van der Waals surface area contributed by atoms with Crippen LogP contribution in [0.2, 0.25) is 0 Å². The fourth-order valence-corrected chi connectivity index (χ4v) is 2.66. The smallest absolute Gasteiger partial charge is 0.188 e. The summed E-state index contributed by atoms with van der Waals surface area (Å²) in [4.78, 5) is 10.2. The molecular weight excluding hydrogens is 298 g/mol. The predicted octanol–water partition coefficient (Wildman–Crippen LogP) is 4.22. The summed E-state index contributed by atoms with van der Waals surface area (Å²) in [6, 6.07) is 3.94. The van der Waals surface area contributed by atoms with Crippen molar-refractivity contribution in [3.63, 3.8) is 0 Å². The van der Waals surface area contributed by atoms with Gasteiger partial charge in [0.05, 0.1) is 11.4 Å². The van der Waals surface area contributed by atoms with Crippen LogP contribution in [-0.2, 0) is 6.42 Å². The Morgan fingerprint density at radius 3 is 2.65 bits per heavy atom. The number of nitrogens with zero attached hydrogens (tertiary/aromatic N) is 2. The summed E-state index contributed by atoms with van der Waals surface area (Å²) in [5.41, 5.74) is 2.13. The van der Waals surface area contributed by atoms with Crippen LogP contribution < -0.4 is 5.32 Å². The topological polar surface area (TPSA) is 37.8 Å². The molecule has 0 saturated heterocycles. The van der Waals surface area contributed by atoms with Gasteiger partial charge in [-0.2, -0.15) is 0 Å². The number of anilines is 2. The van der Waals surface area contributed by atoms with E-state index < -0.39 is 0 Å². The molecule has 0 amide bonds. The highest BCUT2D eigenvalue weighted by atomic mass is 79.9. The fraction of sp³-hybridized carbons (Fsp3) is 0.333. The van der Waals surface area contributed by atoms with Gasteiger partial charge in [-0.3, -0.25) is 0 Å². The van der Waals surface area contributed by atoms with Gasteiger partial charge in [0, 0.05) is 9.35 Å². The van der Waals surface area contributed by atoms with Gasteiger partial charge in [-0.1, -0.05) is 6.92 Å². The highest BCUT2D eigenvalue weighted by Gasteiger charge is 2.07. The molecule has 5 heteroatoms. The van der Waals surface area contributed by atoms with E-state index in [-0.39, 0.29) is 0 Å². The van der Waals surface area contributed by atoms with E-state index in [9.17, 15) is 0 Å². The maximum absolute atomic E-state index is 4.53. The first-order chi connectivity index (χ1) is 8.10. The van der Waals surface area contributed by atoms with Gasteiger partial charge in [0.15, 0.2) is 5.13 Å². The molecule has 0 fully saturated rings. The standard InChI is InChI=1S/C12H14BrN3S/c1-4-10-8(3)17-12(15-10)16-11-6-5-9(13)7(2)14-11/h5-6H,4H2,1-3H3,(H,14,15,16). The second kappa shape index (κ2) is 5.14. The molecule has 0 radical (unpaired) electrons. The van der Waals surface area contributed by atoms with Crippen LogP contribution in [0.15, 0.2) is 16.6 Å². The third-order valence-corrected chi connectivity index (χ3v) is 4.25. The summed E-state index contributed by atoms with van der Waals surface area (Å²) in [6.45, 7) is 6.19. The van der Waals surface area contributed by atoms with Gasteiger partial charge in [-0.15, -0.1) is 11.3 Å². The third-order valence-electron chi connectivity index (χ3n) is 2.48. The van der Waals surface area contributed by atoms with Crippen LogP contribution in [0.25, 0.3) is 0 Å². The van der Waals surface area contributed by atoms with Crippen molar-refractivity contribution < 1.29 is 0 Å². The Kier molecular flexibility index (Phi) is 3.79. The lowest BCUT2D eigenvalue weighted by Crippen LogP contribution is -1.95. The third kappa shape index (κ3) is 2.84. The first-order valence-electron chi connectivity index (χ1n) is 5.46. The molecule has 3 nitrogen and oxygen atoms in total. The van der Waals surface area contributed by atoms with E-state index in [0.29, 0.717) is 0 Å². The van der Waals surface area contributed by atoms with Gasteiger partial charge < -0.3 is 5.32 Å². The summed E-state index contributed by atoms with van der Waals surface area (Å²) in [7, 11) is 0. The normalized spacial score (nSPS) is 10.6. The van der Waals surface area contributed by atoms with E-state index in [0.717, 1.165) is 33.2 Å². The summed E-state index contributed by atoms with van der Waals surface area (Å²) >= 11 is 5.11. The van der Waals surface area contributed by atoms with Crippen molar-refractivity contribution in [3.05, 3.63) is 32.9 Å². The molecular formula is C12H14BrN3S. The van der Waals surface area contributed by atoms with Gasteiger partial charge in [0.2, 0.25) is 0 Å². The molecule has 0 aromatic carbocycles. The van der Waals surface area contributed by atoms with Crippen LogP contribution >= 0.6 is 27.3 Å². The minimum absolute atomic E-state index is 0.835. The summed E-state index contributed by atoms with van der Waals surface area (Å²) in [6.07, 6.45) is 0.969. The van der Waals surface area contributed by atoms with Crippen LogP contribution in [0, 0.1) is 13.8 Å². The quantitative estimate of drug-likeness (QED) is 0.922. The predicted molar refractivity (Wildman–Crippen MR) is 76.2 cm³/mol. The molecule has 1 N–H and O–H groups in total. The molecule has 0 unspecified atom stereocenters. The van der Waals surface area contributed by atoms with Crippen molar-refractivity contribution in [2.75, 3.05) is 5.32 Å². The van der Waals surface area contributed by atoms with Crippen LogP contribution in [0.3, 0.4) is 0 Å². The minimum atomic E-state index is 0.835. The second-order valence-electron chi connectivity index (χ2n) is 3.76. The Hall–Kier alpha value is -0.940. The molecule has 2 heterocycles. The van der Waals surface area contributed by atoms with E-state index in [2.05, 4.69) is 45.1 Å². The lowest BCUT2D eigenvalue weighted by atomic mass is 10.3. The van der Waals surface area contributed by atoms with Crippen LogP contribution in [0.4, 0.5) is 10.9 Å². The monoisotopic (exact) mass is 311 g/mol. The Balaban J connectivity index is 2.22. The molecule has 0 aliphatic heterocycles. The van der Waals surface area contributed by atoms with Crippen molar-refractivity contribution in [1.29, 1.82) is 0 Å². The molecule has 2 rings (SSSR count). The molecule has 0 atom stereocenters. The van der Waals surface area contributed by atoms with Crippen molar-refractivity contribution in [3.8, 4) is 0 Å². The van der Waals surface area contributed by atoms with E-state index in [1.54, 1.807) is 11.3 Å². The number of thiazole rings is 1. The Morgan fingerprint density at radius 1 is 1.29 bits per heavy atom. The lowest BCUT2D eigenvalue weighted by molar-refractivity contribution is 1.04. The number of nitrogens with one attached hydrogen (secondary N) is 1. The van der Waals surface area contributed by atoms with Crippen LogP contribution in [-0.4, -0.2) is 9.97 Å². The molecule has 0 aliphatic carbocycles. The molecule has 2 aromatic rings. The number of hydrogen-bond acceptors (Lipinski definition) is 4. The zero-order chi connectivity index (χ0) is 12.4. The van der Waals surface area contributed by atoms with Gasteiger partial charge >= 0.3 is 0 Å². The second-order valence-corrected chi connectivity index (χ2v) is 5.82. The van der Waals surface area contributed by atoms with Gasteiger partial charge in [-0.05, 0) is 48.3 Å². The highest BCUT2D eigenvalue weighted by molar-refractivity contribution is 9.10. The van der Waals surface area contributed by atoms with E-state index in [4.69, 9.17) is 0 Å². The van der Waals surface area contributed by atoms with Crippen molar-refractivity contribution in [2.24, 2.45) is 0 Å². The summed E-state index contributed by atoms with van der Waals surface area (Å²) < 4.78 is 1.02. The Labute approximate surface area is 113 Å². The first kappa shape index (κ1) is 12.5. The zero-order valence-corrected chi connectivity index (χ0v) is 12.4. The van der Waals surface area contributed by atoms with E-state index in [1.807, 2.05) is 19.1 Å². The van der Waals surface area contributed by atoms with Gasteiger partial charge in [0.1, 0.15) is 5.82 Å². The Bertz CT molecular complexity index is 537. The van der Waals surface area contributed by atoms with Crippen molar-refractivity contribution in [1.82, 2.24) is 9.97 Å². The molecule has 0 bridgehead atoms. The number of aromatic nitrogens is 2. The van der Waals surface area contributed by atoms with E-state index >= 15 is 0 Å². The van der Waals surface area contributed by atoms with Crippen LogP contribution in [0.1, 0.15) is 23.2 Å². The molecule has 0 spiro atoms. The average molecular weight is 312 g/mol. The fourth-order valence-electron chi connectivity index (χ4n) is 1.53. The van der Waals surface area contributed by atoms with E-state index in [1.165, 1.54) is 4.88 Å². The number of hydrogen-bond donors (Lipinski definition) is 1. The number of rotatable bonds is 3. The van der Waals surface area contributed by atoms with Gasteiger partial charge in [-0.25, -0.2) is 9.97 Å². The van der Waals surface area contributed by atoms with Crippen molar-refractivity contribution >= 4 is 38.2 Å². The Morgan fingerprint density at radius 2 is 2.06 bits per heavy atom. The lowest BCUT2D eigenvalue weighted by Gasteiger charge is -2.03. The highest BCUT2D eigenvalue weighted by Crippen LogP contribution is 2.26. The largest absolute Gasteiger partial charge is 0.316 e. The number of halogens is 1. The zero-order valence-electron chi connectivity index (χ0n) is 10.0. The minimum Gasteiger partial charge on any atom is -0.316 e. The van der Waals surface area contributed by atoms with Gasteiger partial charge in [0.25, 0.3) is 0 Å². The maximum atomic E-state index is 4.53. The van der Waals surface area contributed by atoms with Crippen LogP contribution in [0.5, 0.6) is 0 Å².